The van der Waals surface area contributed by atoms with Gasteiger partial charge in [0, 0.05) is 44.9 Å². The molecule has 0 bridgehead atoms. The first kappa shape index (κ1) is 19.9. The number of carbonyl (C=O) groups is 1. The summed E-state index contributed by atoms with van der Waals surface area (Å²) in [5, 5.41) is 0. The van der Waals surface area contributed by atoms with Gasteiger partial charge in [-0.25, -0.2) is 23.1 Å². The van der Waals surface area contributed by atoms with Crippen LogP contribution >= 0.6 is 22.6 Å². The number of nitrogens with zero attached hydrogens (tertiary/aromatic N) is 6. The zero-order chi connectivity index (χ0) is 20.1. The molecule has 3 atom stereocenters. The van der Waals surface area contributed by atoms with Crippen LogP contribution in [0.15, 0.2) is 6.33 Å². The van der Waals surface area contributed by atoms with Crippen molar-refractivity contribution in [3.05, 3.63) is 6.33 Å². The SMILES string of the molecule is N[C@H]1CN(c2ncnc(N3CCC(F)(I)C3)n2)C[C@@H]1N1CC(F)(F)CCC1=O. The molecule has 1 aromatic rings. The number of piperidine rings is 1. The number of carbonyl (C=O) groups excluding carboxylic acids is 1. The first-order chi connectivity index (χ1) is 13.1. The number of halogens is 4. The van der Waals surface area contributed by atoms with Gasteiger partial charge in [-0.1, -0.05) is 0 Å². The third kappa shape index (κ3) is 3.98. The van der Waals surface area contributed by atoms with Crippen LogP contribution in [-0.4, -0.2) is 80.2 Å². The summed E-state index contributed by atoms with van der Waals surface area (Å²) in [4.78, 5) is 29.6. The molecule has 0 radical (unpaired) electrons. The lowest BCUT2D eigenvalue weighted by Crippen LogP contribution is -2.56. The van der Waals surface area contributed by atoms with Gasteiger partial charge in [0.2, 0.25) is 17.8 Å². The van der Waals surface area contributed by atoms with Gasteiger partial charge in [0.25, 0.3) is 5.92 Å². The number of likely N-dealkylation sites (tertiary alicyclic amines) is 1. The van der Waals surface area contributed by atoms with Crippen molar-refractivity contribution in [2.75, 3.05) is 42.5 Å². The Balaban J connectivity index is 1.49. The van der Waals surface area contributed by atoms with Gasteiger partial charge in [-0.3, -0.25) is 4.79 Å². The van der Waals surface area contributed by atoms with Gasteiger partial charge in [-0.05, 0) is 22.6 Å². The van der Waals surface area contributed by atoms with E-state index in [9.17, 15) is 18.0 Å². The van der Waals surface area contributed by atoms with Crippen molar-refractivity contribution in [2.24, 2.45) is 5.73 Å². The highest BCUT2D eigenvalue weighted by molar-refractivity contribution is 14.1. The number of hydrogen-bond donors (Lipinski definition) is 1. The molecule has 0 saturated carbocycles. The van der Waals surface area contributed by atoms with Gasteiger partial charge in [0.1, 0.15) is 6.33 Å². The highest BCUT2D eigenvalue weighted by atomic mass is 127. The van der Waals surface area contributed by atoms with E-state index < -0.39 is 34.6 Å². The van der Waals surface area contributed by atoms with Crippen molar-refractivity contribution < 1.29 is 18.0 Å². The molecule has 154 valence electrons. The Bertz CT molecular complexity index is 768. The summed E-state index contributed by atoms with van der Waals surface area (Å²) < 4.78 is 40.4. The van der Waals surface area contributed by atoms with Gasteiger partial charge < -0.3 is 20.4 Å². The fourth-order valence-corrected chi connectivity index (χ4v) is 4.60. The molecule has 3 aliphatic rings. The highest BCUT2D eigenvalue weighted by Crippen LogP contribution is 2.34. The van der Waals surface area contributed by atoms with Crippen LogP contribution in [0.5, 0.6) is 0 Å². The van der Waals surface area contributed by atoms with E-state index in [0.29, 0.717) is 31.4 Å². The Morgan fingerprint density at radius 1 is 1.11 bits per heavy atom. The minimum absolute atomic E-state index is 0.178. The predicted octanol–water partition coefficient (Wildman–Crippen LogP) is 0.956. The van der Waals surface area contributed by atoms with Gasteiger partial charge >= 0.3 is 0 Å². The van der Waals surface area contributed by atoms with Crippen molar-refractivity contribution in [3.63, 3.8) is 0 Å². The van der Waals surface area contributed by atoms with Crippen molar-refractivity contribution in [2.45, 2.75) is 40.9 Å². The van der Waals surface area contributed by atoms with Crippen LogP contribution in [0, 0.1) is 0 Å². The van der Waals surface area contributed by atoms with Crippen LogP contribution in [0.2, 0.25) is 0 Å². The standard InChI is InChI=1S/C16H21F3IN7O/c17-15(18)2-1-12(28)27(7-15)11-6-26(5-10(11)21)14-23-9-22-13(24-14)25-4-3-16(19,20)8-25/h9-11H,1-8,21H2/t10-,11-,16?/m0/s1. The molecule has 8 nitrogen and oxygen atoms in total. The van der Waals surface area contributed by atoms with Crippen LogP contribution in [-0.2, 0) is 4.79 Å². The average molecular weight is 511 g/mol. The van der Waals surface area contributed by atoms with Gasteiger partial charge in [0.15, 0.2) is 3.68 Å². The van der Waals surface area contributed by atoms with Gasteiger partial charge in [0.05, 0.1) is 19.1 Å². The van der Waals surface area contributed by atoms with E-state index >= 15 is 0 Å². The lowest BCUT2D eigenvalue weighted by molar-refractivity contribution is -0.150. The van der Waals surface area contributed by atoms with E-state index in [0.717, 1.165) is 0 Å². The van der Waals surface area contributed by atoms with E-state index in [-0.39, 0.29) is 25.4 Å². The lowest BCUT2D eigenvalue weighted by Gasteiger charge is -2.37. The minimum atomic E-state index is -2.89. The number of nitrogens with two attached hydrogens (primary N) is 1. The smallest absolute Gasteiger partial charge is 0.265 e. The Hall–Kier alpha value is -1.44. The maximum atomic E-state index is 14.1. The topological polar surface area (TPSA) is 91.5 Å². The monoisotopic (exact) mass is 511 g/mol. The molecule has 0 spiro atoms. The zero-order valence-corrected chi connectivity index (χ0v) is 17.2. The van der Waals surface area contributed by atoms with Crippen LogP contribution in [0.3, 0.4) is 0 Å². The first-order valence-electron chi connectivity index (χ1n) is 9.13. The summed E-state index contributed by atoms with van der Waals surface area (Å²) in [6, 6.07) is -1.02. The molecule has 1 unspecified atom stereocenters. The molecule has 28 heavy (non-hydrogen) atoms. The van der Waals surface area contributed by atoms with Crippen molar-refractivity contribution in [1.29, 1.82) is 0 Å². The van der Waals surface area contributed by atoms with E-state index in [4.69, 9.17) is 5.73 Å². The molecule has 4 rings (SSSR count). The number of aromatic nitrogens is 3. The van der Waals surface area contributed by atoms with E-state index in [1.165, 1.54) is 11.2 Å². The normalized spacial score (nSPS) is 33.0. The molecule has 0 aromatic carbocycles. The number of hydrogen-bond acceptors (Lipinski definition) is 7. The highest BCUT2D eigenvalue weighted by Gasteiger charge is 2.46. The van der Waals surface area contributed by atoms with Crippen LogP contribution in [0.1, 0.15) is 19.3 Å². The van der Waals surface area contributed by atoms with Crippen LogP contribution in [0.25, 0.3) is 0 Å². The fourth-order valence-electron chi connectivity index (χ4n) is 3.95. The van der Waals surface area contributed by atoms with E-state index in [1.54, 1.807) is 32.4 Å². The number of amides is 1. The summed E-state index contributed by atoms with van der Waals surface area (Å²) in [6.07, 6.45) is 1.13. The first-order valence-corrected chi connectivity index (χ1v) is 10.2. The summed E-state index contributed by atoms with van der Waals surface area (Å²) in [5.74, 6) is -2.47. The molecular formula is C16H21F3IN7O. The second kappa shape index (κ2) is 7.11. The number of rotatable bonds is 3. The molecule has 1 aromatic heterocycles. The molecule has 12 heteroatoms. The predicted molar refractivity (Wildman–Crippen MR) is 104 cm³/mol. The molecule has 2 N–H and O–H groups in total. The van der Waals surface area contributed by atoms with Crippen LogP contribution < -0.4 is 15.5 Å². The van der Waals surface area contributed by atoms with E-state index in [2.05, 4.69) is 15.0 Å². The summed E-state index contributed by atoms with van der Waals surface area (Å²) in [7, 11) is 0. The maximum absolute atomic E-state index is 14.1. The van der Waals surface area contributed by atoms with Crippen molar-refractivity contribution in [1.82, 2.24) is 19.9 Å². The maximum Gasteiger partial charge on any atom is 0.265 e. The lowest BCUT2D eigenvalue weighted by atomic mass is 10.0. The average Bonchev–Trinajstić information content (AvgIpc) is 3.20. The van der Waals surface area contributed by atoms with Gasteiger partial charge in [-0.2, -0.15) is 4.98 Å². The zero-order valence-electron chi connectivity index (χ0n) is 15.1. The van der Waals surface area contributed by atoms with Gasteiger partial charge in [-0.15, -0.1) is 0 Å². The number of alkyl halides is 4. The molecular weight excluding hydrogens is 490 g/mol. The Morgan fingerprint density at radius 3 is 2.50 bits per heavy atom. The van der Waals surface area contributed by atoms with Crippen LogP contribution in [0.4, 0.5) is 25.1 Å². The molecule has 3 aliphatic heterocycles. The molecule has 4 heterocycles. The Labute approximate surface area is 173 Å². The van der Waals surface area contributed by atoms with Crippen molar-refractivity contribution >= 4 is 40.4 Å². The molecule has 3 fully saturated rings. The summed E-state index contributed by atoms with van der Waals surface area (Å²) in [6.45, 7) is 0.690. The summed E-state index contributed by atoms with van der Waals surface area (Å²) in [5.41, 5.74) is 6.17. The molecule has 1 amide bonds. The molecule has 3 saturated heterocycles. The number of anilines is 2. The largest absolute Gasteiger partial charge is 0.337 e. The fraction of sp³-hybridized carbons (Fsp3) is 0.750. The van der Waals surface area contributed by atoms with Crippen molar-refractivity contribution in [3.8, 4) is 0 Å². The Morgan fingerprint density at radius 2 is 1.82 bits per heavy atom. The second-order valence-electron chi connectivity index (χ2n) is 7.63. The quantitative estimate of drug-likeness (QED) is 0.478. The second-order valence-corrected chi connectivity index (χ2v) is 9.56. The summed E-state index contributed by atoms with van der Waals surface area (Å²) >= 11 is 1.78. The van der Waals surface area contributed by atoms with E-state index in [1.807, 2.05) is 0 Å². The third-order valence-corrected chi connectivity index (χ3v) is 6.32. The minimum Gasteiger partial charge on any atom is -0.337 e. The third-order valence-electron chi connectivity index (χ3n) is 5.44. The molecule has 0 aliphatic carbocycles. The Kier molecular flexibility index (Phi) is 5.04.